The molecule has 1 atom stereocenters. The van der Waals surface area contributed by atoms with Crippen LogP contribution in [0.25, 0.3) is 10.8 Å². The molecule has 0 saturated heterocycles. The second kappa shape index (κ2) is 5.08. The number of hydrogen-bond donors (Lipinski definition) is 1. The minimum Gasteiger partial charge on any atom is -0.497 e. The Balaban J connectivity index is 2.35. The number of nitrogens with two attached hydrogens (primary N) is 1. The molecule has 2 aromatic carbocycles. The smallest absolute Gasteiger partial charge is 0.218 e. The Labute approximate surface area is 107 Å². The zero-order valence-corrected chi connectivity index (χ0v) is 10.6. The molecule has 3 heteroatoms. The Hall–Kier alpha value is -2.03. The minimum atomic E-state index is -0.266. The number of primary amides is 1. The molecule has 18 heavy (non-hydrogen) atoms. The Kier molecular flexibility index (Phi) is 3.51. The van der Waals surface area contributed by atoms with E-state index >= 15 is 0 Å². The van der Waals surface area contributed by atoms with E-state index in [4.69, 9.17) is 10.5 Å². The van der Waals surface area contributed by atoms with Crippen molar-refractivity contribution in [3.05, 3.63) is 42.0 Å². The lowest BCUT2D eigenvalue weighted by Crippen LogP contribution is -2.13. The van der Waals surface area contributed by atoms with Gasteiger partial charge in [-0.3, -0.25) is 4.79 Å². The van der Waals surface area contributed by atoms with E-state index in [-0.39, 0.29) is 11.8 Å². The lowest BCUT2D eigenvalue weighted by Gasteiger charge is -2.11. The number of rotatable bonds is 4. The molecule has 0 bridgehead atoms. The summed E-state index contributed by atoms with van der Waals surface area (Å²) in [5.41, 5.74) is 6.36. The molecule has 0 unspecified atom stereocenters. The maximum absolute atomic E-state index is 10.9. The van der Waals surface area contributed by atoms with Crippen molar-refractivity contribution in [2.45, 2.75) is 19.3 Å². The summed E-state index contributed by atoms with van der Waals surface area (Å²) in [6, 6.07) is 12.1. The van der Waals surface area contributed by atoms with Crippen molar-refractivity contribution >= 4 is 16.7 Å². The van der Waals surface area contributed by atoms with Gasteiger partial charge >= 0.3 is 0 Å². The van der Waals surface area contributed by atoms with Crippen LogP contribution in [0.15, 0.2) is 36.4 Å². The Morgan fingerprint density at radius 1 is 1.22 bits per heavy atom. The topological polar surface area (TPSA) is 52.3 Å². The molecular formula is C15H17NO2. The number of methoxy groups -OCH3 is 1. The largest absolute Gasteiger partial charge is 0.497 e. The van der Waals surface area contributed by atoms with Crippen LogP contribution in [0.4, 0.5) is 0 Å². The van der Waals surface area contributed by atoms with Crippen molar-refractivity contribution in [2.24, 2.45) is 5.73 Å². The van der Waals surface area contributed by atoms with Gasteiger partial charge in [0.1, 0.15) is 5.75 Å². The summed E-state index contributed by atoms with van der Waals surface area (Å²) < 4.78 is 5.19. The number of hydrogen-bond acceptors (Lipinski definition) is 2. The zero-order chi connectivity index (χ0) is 13.1. The van der Waals surface area contributed by atoms with Crippen molar-refractivity contribution in [2.75, 3.05) is 7.11 Å². The van der Waals surface area contributed by atoms with Gasteiger partial charge in [-0.25, -0.2) is 0 Å². The number of carbonyl (C=O) groups is 1. The highest BCUT2D eigenvalue weighted by Crippen LogP contribution is 2.26. The molecule has 0 fully saturated rings. The fourth-order valence-corrected chi connectivity index (χ4v) is 2.10. The molecule has 0 saturated carbocycles. The first kappa shape index (κ1) is 12.4. The van der Waals surface area contributed by atoms with Gasteiger partial charge in [0.05, 0.1) is 7.11 Å². The minimum absolute atomic E-state index is 0.147. The van der Waals surface area contributed by atoms with Gasteiger partial charge < -0.3 is 10.5 Å². The molecule has 2 aromatic rings. The van der Waals surface area contributed by atoms with Gasteiger partial charge in [-0.1, -0.05) is 31.2 Å². The Morgan fingerprint density at radius 2 is 1.89 bits per heavy atom. The monoisotopic (exact) mass is 243 g/mol. The normalized spacial score (nSPS) is 12.3. The predicted molar refractivity (Wildman–Crippen MR) is 72.7 cm³/mol. The van der Waals surface area contributed by atoms with Crippen LogP contribution in [0, 0.1) is 0 Å². The lowest BCUT2D eigenvalue weighted by atomic mass is 9.95. The third kappa shape index (κ3) is 2.62. The summed E-state index contributed by atoms with van der Waals surface area (Å²) >= 11 is 0. The first-order valence-corrected chi connectivity index (χ1v) is 5.96. The van der Waals surface area contributed by atoms with Gasteiger partial charge in [-0.2, -0.15) is 0 Å². The third-order valence-electron chi connectivity index (χ3n) is 3.15. The van der Waals surface area contributed by atoms with Crippen molar-refractivity contribution < 1.29 is 9.53 Å². The van der Waals surface area contributed by atoms with Crippen LogP contribution in [-0.2, 0) is 4.79 Å². The molecule has 1 amide bonds. The summed E-state index contributed by atoms with van der Waals surface area (Å²) in [5.74, 6) is 0.728. The van der Waals surface area contributed by atoms with Gasteiger partial charge in [0, 0.05) is 6.42 Å². The van der Waals surface area contributed by atoms with Crippen LogP contribution < -0.4 is 10.5 Å². The molecular weight excluding hydrogens is 226 g/mol. The molecule has 0 spiro atoms. The summed E-state index contributed by atoms with van der Waals surface area (Å²) in [7, 11) is 1.66. The first-order chi connectivity index (χ1) is 8.60. The molecule has 0 aliphatic carbocycles. The molecule has 94 valence electrons. The standard InChI is InChI=1S/C15H17NO2/c1-10(7-15(16)17)11-3-4-13-9-14(18-2)6-5-12(13)8-11/h3-6,8-10H,7H2,1-2H3,(H2,16,17)/t10-/m1/s1. The van der Waals surface area contributed by atoms with E-state index < -0.39 is 0 Å². The second-order valence-electron chi connectivity index (χ2n) is 4.54. The van der Waals surface area contributed by atoms with E-state index in [9.17, 15) is 4.79 Å². The molecule has 0 heterocycles. The van der Waals surface area contributed by atoms with E-state index in [1.54, 1.807) is 7.11 Å². The third-order valence-corrected chi connectivity index (χ3v) is 3.15. The van der Waals surface area contributed by atoms with Gasteiger partial charge in [0.25, 0.3) is 0 Å². The van der Waals surface area contributed by atoms with Crippen LogP contribution in [-0.4, -0.2) is 13.0 Å². The fraction of sp³-hybridized carbons (Fsp3) is 0.267. The van der Waals surface area contributed by atoms with Gasteiger partial charge in [0.2, 0.25) is 5.91 Å². The van der Waals surface area contributed by atoms with E-state index in [0.717, 1.165) is 22.1 Å². The van der Waals surface area contributed by atoms with Gasteiger partial charge in [0.15, 0.2) is 0 Å². The van der Waals surface area contributed by atoms with Crippen LogP contribution in [0.5, 0.6) is 5.75 Å². The maximum atomic E-state index is 10.9. The quantitative estimate of drug-likeness (QED) is 0.897. The SMILES string of the molecule is COc1ccc2cc([C@H](C)CC(N)=O)ccc2c1. The fourth-order valence-electron chi connectivity index (χ4n) is 2.10. The molecule has 0 aliphatic rings. The van der Waals surface area contributed by atoms with Crippen LogP contribution in [0.2, 0.25) is 0 Å². The van der Waals surface area contributed by atoms with Crippen LogP contribution >= 0.6 is 0 Å². The highest BCUT2D eigenvalue weighted by atomic mass is 16.5. The zero-order valence-electron chi connectivity index (χ0n) is 10.6. The number of ether oxygens (including phenoxy) is 1. The summed E-state index contributed by atoms with van der Waals surface area (Å²) in [6.45, 7) is 2.01. The van der Waals surface area contributed by atoms with E-state index in [1.807, 2.05) is 37.3 Å². The number of benzene rings is 2. The summed E-state index contributed by atoms with van der Waals surface area (Å²) in [5, 5.41) is 2.27. The van der Waals surface area contributed by atoms with Crippen molar-refractivity contribution in [3.63, 3.8) is 0 Å². The van der Waals surface area contributed by atoms with E-state index in [0.29, 0.717) is 6.42 Å². The second-order valence-corrected chi connectivity index (χ2v) is 4.54. The van der Waals surface area contributed by atoms with Crippen molar-refractivity contribution in [1.82, 2.24) is 0 Å². The summed E-state index contributed by atoms with van der Waals surface area (Å²) in [6.07, 6.45) is 0.377. The molecule has 0 aromatic heterocycles. The number of carbonyl (C=O) groups excluding carboxylic acids is 1. The van der Waals surface area contributed by atoms with E-state index in [2.05, 4.69) is 6.07 Å². The van der Waals surface area contributed by atoms with Gasteiger partial charge in [-0.05, 0) is 34.4 Å². The first-order valence-electron chi connectivity index (χ1n) is 5.96. The predicted octanol–water partition coefficient (Wildman–Crippen LogP) is 2.83. The highest BCUT2D eigenvalue weighted by molar-refractivity contribution is 5.85. The summed E-state index contributed by atoms with van der Waals surface area (Å²) in [4.78, 5) is 10.9. The molecule has 2 N–H and O–H groups in total. The number of amides is 1. The highest BCUT2D eigenvalue weighted by Gasteiger charge is 2.09. The average molecular weight is 243 g/mol. The van der Waals surface area contributed by atoms with Crippen LogP contribution in [0.1, 0.15) is 24.8 Å². The lowest BCUT2D eigenvalue weighted by molar-refractivity contribution is -0.118. The number of fused-ring (bicyclic) bond motifs is 1. The Bertz CT molecular complexity index is 578. The maximum Gasteiger partial charge on any atom is 0.218 e. The van der Waals surface area contributed by atoms with E-state index in [1.165, 1.54) is 0 Å². The Morgan fingerprint density at radius 3 is 2.56 bits per heavy atom. The molecule has 0 radical (unpaired) electrons. The average Bonchev–Trinajstić information content (AvgIpc) is 2.36. The molecule has 2 rings (SSSR count). The van der Waals surface area contributed by atoms with Crippen molar-refractivity contribution in [1.29, 1.82) is 0 Å². The molecule has 3 nitrogen and oxygen atoms in total. The van der Waals surface area contributed by atoms with Gasteiger partial charge in [-0.15, -0.1) is 0 Å². The molecule has 0 aliphatic heterocycles. The van der Waals surface area contributed by atoms with Crippen molar-refractivity contribution in [3.8, 4) is 5.75 Å². The van der Waals surface area contributed by atoms with Crippen LogP contribution in [0.3, 0.4) is 0 Å².